The Morgan fingerprint density at radius 1 is 0.971 bits per heavy atom. The summed E-state index contributed by atoms with van der Waals surface area (Å²) in [6, 6.07) is 23.7. The highest BCUT2D eigenvalue weighted by molar-refractivity contribution is 6.21. The number of non-ortho nitro benzene ring substituents is 1. The van der Waals surface area contributed by atoms with E-state index in [2.05, 4.69) is 0 Å². The van der Waals surface area contributed by atoms with E-state index >= 15 is 0 Å². The predicted octanol–water partition coefficient (Wildman–Crippen LogP) is 5.63. The van der Waals surface area contributed by atoms with Crippen LogP contribution in [-0.2, 0) is 0 Å². The molecule has 1 aliphatic rings. The van der Waals surface area contributed by atoms with E-state index in [4.69, 9.17) is 9.47 Å². The highest BCUT2D eigenvalue weighted by Crippen LogP contribution is 2.37. The quantitative estimate of drug-likeness (QED) is 0.163. The number of rotatable bonds is 6. The Morgan fingerprint density at radius 2 is 1.76 bits per heavy atom. The second kappa shape index (κ2) is 8.63. The lowest BCUT2D eigenvalue weighted by molar-refractivity contribution is -0.384. The summed E-state index contributed by atoms with van der Waals surface area (Å²) in [7, 11) is 0. The van der Waals surface area contributed by atoms with Crippen molar-refractivity contribution in [3.63, 3.8) is 0 Å². The SMILES string of the molecule is O=C(COc1cccc(/C=C2\Oc3ccc4ccccc4c3C2=O)c1)c1ccc([N+](=O)[O-])cc1. The molecule has 0 saturated carbocycles. The lowest BCUT2D eigenvalue weighted by Gasteiger charge is -2.07. The monoisotopic (exact) mass is 451 g/mol. The van der Waals surface area contributed by atoms with Gasteiger partial charge in [0, 0.05) is 17.7 Å². The predicted molar refractivity (Wildman–Crippen MR) is 126 cm³/mol. The maximum absolute atomic E-state index is 13.0. The fourth-order valence-electron chi connectivity index (χ4n) is 3.80. The molecule has 0 aliphatic carbocycles. The van der Waals surface area contributed by atoms with E-state index in [0.717, 1.165) is 10.8 Å². The Labute approximate surface area is 194 Å². The Kier molecular flexibility index (Phi) is 5.35. The van der Waals surface area contributed by atoms with E-state index in [0.29, 0.717) is 28.2 Å². The van der Waals surface area contributed by atoms with Crippen molar-refractivity contribution >= 4 is 34.1 Å². The van der Waals surface area contributed by atoms with Crippen LogP contribution >= 0.6 is 0 Å². The van der Waals surface area contributed by atoms with Gasteiger partial charge in [-0.05, 0) is 52.7 Å². The van der Waals surface area contributed by atoms with Crippen molar-refractivity contribution in [3.05, 3.63) is 117 Å². The maximum Gasteiger partial charge on any atom is 0.269 e. The van der Waals surface area contributed by atoms with E-state index in [1.165, 1.54) is 24.3 Å². The van der Waals surface area contributed by atoms with Crippen LogP contribution < -0.4 is 9.47 Å². The smallest absolute Gasteiger partial charge is 0.269 e. The Balaban J connectivity index is 1.31. The van der Waals surface area contributed by atoms with Crippen LogP contribution in [-0.4, -0.2) is 23.1 Å². The van der Waals surface area contributed by atoms with Crippen LogP contribution in [0.15, 0.2) is 90.7 Å². The van der Waals surface area contributed by atoms with Crippen LogP contribution in [0.5, 0.6) is 11.5 Å². The number of fused-ring (bicyclic) bond motifs is 3. The van der Waals surface area contributed by atoms with Gasteiger partial charge in [-0.2, -0.15) is 0 Å². The summed E-state index contributed by atoms with van der Waals surface area (Å²) in [5.41, 5.74) is 1.46. The number of ketones is 2. The van der Waals surface area contributed by atoms with Crippen LogP contribution in [0.25, 0.3) is 16.8 Å². The molecule has 1 heterocycles. The first-order chi connectivity index (χ1) is 16.5. The molecule has 0 radical (unpaired) electrons. The van der Waals surface area contributed by atoms with Gasteiger partial charge >= 0.3 is 0 Å². The summed E-state index contributed by atoms with van der Waals surface area (Å²) in [5, 5.41) is 12.6. The number of hydrogen-bond acceptors (Lipinski definition) is 6. The molecule has 0 atom stereocenters. The van der Waals surface area contributed by atoms with E-state index in [1.54, 1.807) is 36.4 Å². The van der Waals surface area contributed by atoms with Crippen molar-refractivity contribution in [1.82, 2.24) is 0 Å². The van der Waals surface area contributed by atoms with Gasteiger partial charge in [-0.3, -0.25) is 19.7 Å². The highest BCUT2D eigenvalue weighted by Gasteiger charge is 2.29. The van der Waals surface area contributed by atoms with Gasteiger partial charge in [-0.15, -0.1) is 0 Å². The molecule has 4 aromatic carbocycles. The van der Waals surface area contributed by atoms with Gasteiger partial charge in [0.25, 0.3) is 5.69 Å². The third-order valence-electron chi connectivity index (χ3n) is 5.49. The molecule has 0 spiro atoms. The molecule has 0 aromatic heterocycles. The molecule has 7 nitrogen and oxygen atoms in total. The van der Waals surface area contributed by atoms with Gasteiger partial charge in [-0.1, -0.05) is 42.5 Å². The number of Topliss-reactive ketones (excluding diaryl/α,β-unsaturated/α-hetero) is 2. The van der Waals surface area contributed by atoms with Crippen molar-refractivity contribution in [2.45, 2.75) is 0 Å². The minimum absolute atomic E-state index is 0.0861. The molecule has 5 rings (SSSR count). The van der Waals surface area contributed by atoms with Crippen LogP contribution in [0.1, 0.15) is 26.3 Å². The first kappa shape index (κ1) is 21.1. The number of benzene rings is 4. The van der Waals surface area contributed by atoms with Crippen molar-refractivity contribution in [3.8, 4) is 11.5 Å². The standard InChI is InChI=1S/C27H17NO6/c29-23(19-8-11-20(12-9-19)28(31)32)16-33-21-6-3-4-17(14-21)15-25-27(30)26-22-7-2-1-5-18(22)10-13-24(26)34-25/h1-15H,16H2/b25-15-. The van der Waals surface area contributed by atoms with E-state index in [-0.39, 0.29) is 29.6 Å². The van der Waals surface area contributed by atoms with Gasteiger partial charge in [-0.25, -0.2) is 0 Å². The minimum Gasteiger partial charge on any atom is -0.485 e. The molecule has 0 fully saturated rings. The van der Waals surface area contributed by atoms with Crippen molar-refractivity contribution in [2.24, 2.45) is 0 Å². The minimum atomic E-state index is -0.523. The van der Waals surface area contributed by atoms with Gasteiger partial charge in [0.2, 0.25) is 5.78 Å². The van der Waals surface area contributed by atoms with Crippen molar-refractivity contribution in [1.29, 1.82) is 0 Å². The van der Waals surface area contributed by atoms with E-state index in [1.807, 2.05) is 30.3 Å². The third kappa shape index (κ3) is 4.02. The Morgan fingerprint density at radius 3 is 2.56 bits per heavy atom. The molecule has 0 bridgehead atoms. The molecule has 0 unspecified atom stereocenters. The van der Waals surface area contributed by atoms with Crippen LogP contribution in [0.4, 0.5) is 5.69 Å². The number of carbonyl (C=O) groups is 2. The Hall–Kier alpha value is -4.78. The largest absolute Gasteiger partial charge is 0.485 e. The number of hydrogen-bond donors (Lipinski definition) is 0. The first-order valence-electron chi connectivity index (χ1n) is 10.5. The van der Waals surface area contributed by atoms with Gasteiger partial charge in [0.1, 0.15) is 11.5 Å². The average Bonchev–Trinajstić information content (AvgIpc) is 3.18. The van der Waals surface area contributed by atoms with Gasteiger partial charge < -0.3 is 9.47 Å². The van der Waals surface area contributed by atoms with Crippen molar-refractivity contribution < 1.29 is 24.0 Å². The summed E-state index contributed by atoms with van der Waals surface area (Å²) in [6.45, 7) is -0.231. The van der Waals surface area contributed by atoms with Gasteiger partial charge in [0.05, 0.1) is 10.5 Å². The number of nitro benzene ring substituents is 1. The number of nitro groups is 1. The molecule has 7 heteroatoms. The molecule has 166 valence electrons. The Bertz CT molecular complexity index is 1490. The second-order valence-corrected chi connectivity index (χ2v) is 7.69. The fourth-order valence-corrected chi connectivity index (χ4v) is 3.80. The molecule has 4 aromatic rings. The lowest BCUT2D eigenvalue weighted by Crippen LogP contribution is -2.11. The molecule has 0 amide bonds. The fraction of sp³-hybridized carbons (Fsp3) is 0.0370. The van der Waals surface area contributed by atoms with Crippen LogP contribution in [0.2, 0.25) is 0 Å². The zero-order valence-corrected chi connectivity index (χ0v) is 17.8. The number of nitrogens with zero attached hydrogens (tertiary/aromatic N) is 1. The zero-order chi connectivity index (χ0) is 23.7. The summed E-state index contributed by atoms with van der Waals surface area (Å²) in [6.07, 6.45) is 1.64. The highest BCUT2D eigenvalue weighted by atomic mass is 16.6. The normalized spacial score (nSPS) is 13.5. The van der Waals surface area contributed by atoms with Crippen LogP contribution in [0, 0.1) is 10.1 Å². The molecule has 34 heavy (non-hydrogen) atoms. The summed E-state index contributed by atoms with van der Waals surface area (Å²) in [4.78, 5) is 35.6. The van der Waals surface area contributed by atoms with E-state index < -0.39 is 4.92 Å². The molecule has 0 N–H and O–H groups in total. The summed E-state index contributed by atoms with van der Waals surface area (Å²) >= 11 is 0. The number of allylic oxidation sites excluding steroid dienone is 1. The maximum atomic E-state index is 13.0. The molecule has 0 saturated heterocycles. The first-order valence-corrected chi connectivity index (χ1v) is 10.5. The second-order valence-electron chi connectivity index (χ2n) is 7.69. The average molecular weight is 451 g/mol. The van der Waals surface area contributed by atoms with E-state index in [9.17, 15) is 19.7 Å². The topological polar surface area (TPSA) is 95.7 Å². The molecular weight excluding hydrogens is 434 g/mol. The molecule has 1 aliphatic heterocycles. The third-order valence-corrected chi connectivity index (χ3v) is 5.49. The van der Waals surface area contributed by atoms with Crippen molar-refractivity contribution in [2.75, 3.05) is 6.61 Å². The molecular formula is C27H17NO6. The van der Waals surface area contributed by atoms with Gasteiger partial charge in [0.15, 0.2) is 18.1 Å². The summed E-state index contributed by atoms with van der Waals surface area (Å²) in [5.74, 6) is 0.682. The lowest BCUT2D eigenvalue weighted by atomic mass is 10.0. The summed E-state index contributed by atoms with van der Waals surface area (Å²) < 4.78 is 11.4. The number of carbonyl (C=O) groups excluding carboxylic acids is 2. The number of ether oxygens (including phenoxy) is 2. The van der Waals surface area contributed by atoms with Crippen LogP contribution in [0.3, 0.4) is 0 Å². The zero-order valence-electron chi connectivity index (χ0n) is 17.8.